The zero-order chi connectivity index (χ0) is 21.0. The lowest BCUT2D eigenvalue weighted by Gasteiger charge is -2.35. The molecule has 0 radical (unpaired) electrons. The zero-order valence-electron chi connectivity index (χ0n) is 17.0. The van der Waals surface area contributed by atoms with Gasteiger partial charge in [0, 0.05) is 24.7 Å². The first-order valence-corrected chi connectivity index (χ1v) is 9.80. The van der Waals surface area contributed by atoms with Gasteiger partial charge in [-0.05, 0) is 57.4 Å². The van der Waals surface area contributed by atoms with Crippen molar-refractivity contribution in [3.63, 3.8) is 0 Å². The highest BCUT2D eigenvalue weighted by molar-refractivity contribution is 5.73. The first-order chi connectivity index (χ1) is 13.8. The van der Waals surface area contributed by atoms with Gasteiger partial charge in [0.2, 0.25) is 0 Å². The van der Waals surface area contributed by atoms with Gasteiger partial charge in [-0.1, -0.05) is 24.3 Å². The highest BCUT2D eigenvalue weighted by Gasteiger charge is 2.25. The summed E-state index contributed by atoms with van der Waals surface area (Å²) in [6.07, 6.45) is 1.08. The van der Waals surface area contributed by atoms with Crippen molar-refractivity contribution >= 4 is 11.8 Å². The highest BCUT2D eigenvalue weighted by atomic mass is 19.1. The summed E-state index contributed by atoms with van der Waals surface area (Å²) in [5, 5.41) is 12.4. The largest absolute Gasteiger partial charge is 0.444 e. The average Bonchev–Trinajstić information content (AvgIpc) is 2.67. The van der Waals surface area contributed by atoms with Gasteiger partial charge in [-0.25, -0.2) is 9.18 Å². The number of halogens is 1. The highest BCUT2D eigenvalue weighted by Crippen LogP contribution is 2.31. The molecule has 3 rings (SSSR count). The van der Waals surface area contributed by atoms with Crippen LogP contribution in [0.25, 0.3) is 11.1 Å². The summed E-state index contributed by atoms with van der Waals surface area (Å²) in [6, 6.07) is 14.3. The fourth-order valence-corrected chi connectivity index (χ4v) is 3.49. The normalized spacial score (nSPS) is 14.9. The number of anilines is 1. The molecule has 1 saturated heterocycles. The molecule has 2 aromatic carbocycles. The summed E-state index contributed by atoms with van der Waals surface area (Å²) < 4.78 is 19.5. The number of carbonyl (C=O) groups is 1. The second kappa shape index (κ2) is 8.52. The van der Waals surface area contributed by atoms with Gasteiger partial charge in [-0.2, -0.15) is 5.26 Å². The van der Waals surface area contributed by atoms with Gasteiger partial charge >= 0.3 is 6.09 Å². The Morgan fingerprint density at radius 1 is 1.21 bits per heavy atom. The molecule has 1 heterocycles. The lowest BCUT2D eigenvalue weighted by Crippen LogP contribution is -2.46. The van der Waals surface area contributed by atoms with E-state index in [4.69, 9.17) is 4.74 Å². The van der Waals surface area contributed by atoms with E-state index < -0.39 is 11.7 Å². The number of carbonyl (C=O) groups excluding carboxylic acids is 1. The molecule has 0 bridgehead atoms. The van der Waals surface area contributed by atoms with Crippen molar-refractivity contribution in [3.05, 3.63) is 53.8 Å². The van der Waals surface area contributed by atoms with Gasteiger partial charge < -0.3 is 15.0 Å². The van der Waals surface area contributed by atoms with Crippen molar-refractivity contribution in [3.8, 4) is 17.2 Å². The van der Waals surface area contributed by atoms with E-state index >= 15 is 0 Å². The lowest BCUT2D eigenvalue weighted by molar-refractivity contribution is 0.0497. The van der Waals surface area contributed by atoms with E-state index in [0.717, 1.165) is 24.1 Å². The van der Waals surface area contributed by atoms with Gasteiger partial charge in [0.05, 0.1) is 11.3 Å². The summed E-state index contributed by atoms with van der Waals surface area (Å²) in [7, 11) is 0. The molecule has 0 aliphatic carbocycles. The number of nitrogens with one attached hydrogen (secondary N) is 1. The minimum atomic E-state index is -0.528. The number of hydrogen-bond donors (Lipinski definition) is 1. The molecule has 0 atom stereocenters. The van der Waals surface area contributed by atoms with E-state index in [2.05, 4.69) is 16.3 Å². The SMILES string of the molecule is CC(C)(C)OC(=O)NC1CCN(c2cc(-c3ccccc3F)ccc2C#N)CC1. The van der Waals surface area contributed by atoms with Crippen LogP contribution >= 0.6 is 0 Å². The van der Waals surface area contributed by atoms with E-state index in [1.807, 2.05) is 26.8 Å². The Bertz CT molecular complexity index is 922. The predicted octanol–water partition coefficient (Wildman–Crippen LogP) is 4.86. The smallest absolute Gasteiger partial charge is 0.407 e. The number of alkyl carbamates (subject to hydrolysis) is 1. The zero-order valence-corrected chi connectivity index (χ0v) is 17.0. The molecule has 152 valence electrons. The molecule has 0 unspecified atom stereocenters. The van der Waals surface area contributed by atoms with Crippen molar-refractivity contribution < 1.29 is 13.9 Å². The topological polar surface area (TPSA) is 65.4 Å². The van der Waals surface area contributed by atoms with E-state index in [1.165, 1.54) is 6.07 Å². The summed E-state index contributed by atoms with van der Waals surface area (Å²) in [6.45, 7) is 6.88. The Morgan fingerprint density at radius 3 is 2.52 bits per heavy atom. The minimum Gasteiger partial charge on any atom is -0.444 e. The second-order valence-electron chi connectivity index (χ2n) is 8.23. The van der Waals surface area contributed by atoms with Gasteiger partial charge in [0.1, 0.15) is 17.5 Å². The van der Waals surface area contributed by atoms with Crippen LogP contribution in [0.1, 0.15) is 39.2 Å². The number of amides is 1. The van der Waals surface area contributed by atoms with Crippen LogP contribution in [0.3, 0.4) is 0 Å². The number of benzene rings is 2. The molecule has 1 aliphatic heterocycles. The number of piperidine rings is 1. The van der Waals surface area contributed by atoms with Gasteiger partial charge in [-0.3, -0.25) is 0 Å². The standard InChI is InChI=1S/C23H26FN3O2/c1-23(2,3)29-22(28)26-18-10-12-27(13-11-18)21-14-16(8-9-17(21)15-25)19-6-4-5-7-20(19)24/h4-9,14,18H,10-13H2,1-3H3,(H,26,28). The molecule has 29 heavy (non-hydrogen) atoms. The third-order valence-corrected chi connectivity index (χ3v) is 4.86. The summed E-state index contributed by atoms with van der Waals surface area (Å²) in [4.78, 5) is 14.1. The van der Waals surface area contributed by atoms with E-state index in [9.17, 15) is 14.4 Å². The maximum Gasteiger partial charge on any atom is 0.407 e. The van der Waals surface area contributed by atoms with Gasteiger partial charge in [-0.15, -0.1) is 0 Å². The fraction of sp³-hybridized carbons (Fsp3) is 0.391. The lowest BCUT2D eigenvalue weighted by atomic mass is 9.99. The van der Waals surface area contributed by atoms with Gasteiger partial charge in [0.15, 0.2) is 0 Å². The molecular weight excluding hydrogens is 369 g/mol. The Labute approximate surface area is 171 Å². The van der Waals surface area contributed by atoms with E-state index in [1.54, 1.807) is 30.3 Å². The Hall–Kier alpha value is -3.07. The van der Waals surface area contributed by atoms with Gasteiger partial charge in [0.25, 0.3) is 0 Å². The first kappa shape index (κ1) is 20.7. The average molecular weight is 395 g/mol. The first-order valence-electron chi connectivity index (χ1n) is 9.80. The van der Waals surface area contributed by atoms with Crippen LogP contribution in [0, 0.1) is 17.1 Å². The number of rotatable bonds is 3. The molecule has 2 aromatic rings. The summed E-state index contributed by atoms with van der Waals surface area (Å²) >= 11 is 0. The number of ether oxygens (including phenoxy) is 1. The molecule has 0 saturated carbocycles. The fourth-order valence-electron chi connectivity index (χ4n) is 3.49. The Balaban J connectivity index is 1.72. The third-order valence-electron chi connectivity index (χ3n) is 4.86. The number of nitriles is 1. The minimum absolute atomic E-state index is 0.0291. The van der Waals surface area contributed by atoms with Crippen molar-refractivity contribution in [1.82, 2.24) is 5.32 Å². The van der Waals surface area contributed by atoms with E-state index in [0.29, 0.717) is 24.2 Å². The molecule has 1 aliphatic rings. The van der Waals surface area contributed by atoms with Crippen LogP contribution in [0.15, 0.2) is 42.5 Å². The van der Waals surface area contributed by atoms with Crippen molar-refractivity contribution in [2.75, 3.05) is 18.0 Å². The monoisotopic (exact) mass is 395 g/mol. The number of hydrogen-bond acceptors (Lipinski definition) is 4. The molecule has 6 heteroatoms. The second-order valence-corrected chi connectivity index (χ2v) is 8.23. The van der Waals surface area contributed by atoms with Crippen LogP contribution in [-0.2, 0) is 4.74 Å². The summed E-state index contributed by atoms with van der Waals surface area (Å²) in [5.74, 6) is -0.288. The Kier molecular flexibility index (Phi) is 6.07. The maximum atomic E-state index is 14.2. The molecule has 5 nitrogen and oxygen atoms in total. The van der Waals surface area contributed by atoms with Crippen LogP contribution in [-0.4, -0.2) is 30.8 Å². The maximum absolute atomic E-state index is 14.2. The Morgan fingerprint density at radius 2 is 1.90 bits per heavy atom. The van der Waals surface area contributed by atoms with Crippen LogP contribution < -0.4 is 10.2 Å². The third kappa shape index (κ3) is 5.26. The van der Waals surface area contributed by atoms with Crippen molar-refractivity contribution in [2.45, 2.75) is 45.3 Å². The predicted molar refractivity (Wildman–Crippen MR) is 111 cm³/mol. The van der Waals surface area contributed by atoms with Crippen LogP contribution in [0.5, 0.6) is 0 Å². The van der Waals surface area contributed by atoms with Crippen LogP contribution in [0.4, 0.5) is 14.9 Å². The molecule has 1 N–H and O–H groups in total. The molecular formula is C23H26FN3O2. The molecule has 1 fully saturated rings. The quantitative estimate of drug-likeness (QED) is 0.806. The van der Waals surface area contributed by atoms with Crippen LogP contribution in [0.2, 0.25) is 0 Å². The molecule has 0 aromatic heterocycles. The van der Waals surface area contributed by atoms with Crippen molar-refractivity contribution in [1.29, 1.82) is 5.26 Å². The summed E-state index contributed by atoms with van der Waals surface area (Å²) in [5.41, 5.74) is 2.08. The molecule has 1 amide bonds. The number of nitrogens with zero attached hydrogens (tertiary/aromatic N) is 2. The molecule has 0 spiro atoms. The van der Waals surface area contributed by atoms with Crippen molar-refractivity contribution in [2.24, 2.45) is 0 Å². The van der Waals surface area contributed by atoms with E-state index in [-0.39, 0.29) is 11.9 Å².